The third-order valence-corrected chi connectivity index (χ3v) is 2.77. The SMILES string of the molecule is CCCCC(NC(=O)[C@@H]1CCC(=O)N1)C(=O)O. The van der Waals surface area contributed by atoms with Crippen LogP contribution in [0.5, 0.6) is 0 Å². The van der Waals surface area contributed by atoms with Crippen molar-refractivity contribution in [2.75, 3.05) is 0 Å². The molecule has 6 heteroatoms. The Labute approximate surface area is 99.8 Å². The fraction of sp³-hybridized carbons (Fsp3) is 0.727. The van der Waals surface area contributed by atoms with E-state index >= 15 is 0 Å². The predicted octanol–water partition coefficient (Wildman–Crippen LogP) is 0.0246. The first-order valence-electron chi connectivity index (χ1n) is 5.87. The summed E-state index contributed by atoms with van der Waals surface area (Å²) in [5.74, 6) is -1.60. The van der Waals surface area contributed by atoms with Gasteiger partial charge in [0.2, 0.25) is 11.8 Å². The molecule has 0 spiro atoms. The van der Waals surface area contributed by atoms with Crippen LogP contribution in [0.25, 0.3) is 0 Å². The Morgan fingerprint density at radius 3 is 2.76 bits per heavy atom. The van der Waals surface area contributed by atoms with Crippen LogP contribution in [-0.2, 0) is 14.4 Å². The van der Waals surface area contributed by atoms with Gasteiger partial charge in [-0.15, -0.1) is 0 Å². The number of rotatable bonds is 6. The molecular weight excluding hydrogens is 224 g/mol. The smallest absolute Gasteiger partial charge is 0.326 e. The van der Waals surface area contributed by atoms with E-state index in [2.05, 4.69) is 10.6 Å². The summed E-state index contributed by atoms with van der Waals surface area (Å²) in [5, 5.41) is 13.9. The zero-order valence-electron chi connectivity index (χ0n) is 9.86. The van der Waals surface area contributed by atoms with E-state index in [-0.39, 0.29) is 5.91 Å². The van der Waals surface area contributed by atoms with E-state index in [0.717, 1.165) is 12.8 Å². The van der Waals surface area contributed by atoms with Crippen molar-refractivity contribution in [1.29, 1.82) is 0 Å². The van der Waals surface area contributed by atoms with Crippen LogP contribution < -0.4 is 10.6 Å². The van der Waals surface area contributed by atoms with Gasteiger partial charge in [0.05, 0.1) is 0 Å². The average molecular weight is 242 g/mol. The predicted molar refractivity (Wildman–Crippen MR) is 60.3 cm³/mol. The number of hydrogen-bond donors (Lipinski definition) is 3. The quantitative estimate of drug-likeness (QED) is 0.612. The second kappa shape index (κ2) is 6.22. The van der Waals surface area contributed by atoms with Gasteiger partial charge >= 0.3 is 5.97 Å². The standard InChI is InChI=1S/C11H18N2O4/c1-2-3-4-8(11(16)17)13-10(15)7-5-6-9(14)12-7/h7-8H,2-6H2,1H3,(H,12,14)(H,13,15)(H,16,17)/t7-,8?/m0/s1. The average Bonchev–Trinajstić information content (AvgIpc) is 2.70. The highest BCUT2D eigenvalue weighted by atomic mass is 16.4. The van der Waals surface area contributed by atoms with Crippen LogP contribution >= 0.6 is 0 Å². The number of unbranched alkanes of at least 4 members (excludes halogenated alkanes) is 1. The first kappa shape index (κ1) is 13.5. The highest BCUT2D eigenvalue weighted by Gasteiger charge is 2.29. The summed E-state index contributed by atoms with van der Waals surface area (Å²) in [6.07, 6.45) is 2.79. The van der Waals surface area contributed by atoms with Gasteiger partial charge in [0.25, 0.3) is 0 Å². The zero-order valence-corrected chi connectivity index (χ0v) is 9.86. The highest BCUT2D eigenvalue weighted by Crippen LogP contribution is 2.08. The molecule has 3 N–H and O–H groups in total. The molecule has 1 saturated heterocycles. The first-order valence-corrected chi connectivity index (χ1v) is 5.87. The van der Waals surface area contributed by atoms with Gasteiger partial charge in [0, 0.05) is 6.42 Å². The molecule has 1 fully saturated rings. The Morgan fingerprint density at radius 2 is 2.29 bits per heavy atom. The zero-order chi connectivity index (χ0) is 12.8. The molecule has 17 heavy (non-hydrogen) atoms. The Morgan fingerprint density at radius 1 is 1.59 bits per heavy atom. The molecule has 2 atom stereocenters. The molecule has 0 aromatic heterocycles. The lowest BCUT2D eigenvalue weighted by Gasteiger charge is -2.17. The van der Waals surface area contributed by atoms with Crippen molar-refractivity contribution in [2.24, 2.45) is 0 Å². The normalized spacial score (nSPS) is 20.8. The summed E-state index contributed by atoms with van der Waals surface area (Å²) in [5.41, 5.74) is 0. The van der Waals surface area contributed by atoms with E-state index in [1.165, 1.54) is 0 Å². The molecule has 2 amide bonds. The molecule has 0 saturated carbocycles. The van der Waals surface area contributed by atoms with Crippen molar-refractivity contribution in [2.45, 2.75) is 51.1 Å². The van der Waals surface area contributed by atoms with Crippen LogP contribution in [0, 0.1) is 0 Å². The number of hydrogen-bond acceptors (Lipinski definition) is 3. The van der Waals surface area contributed by atoms with Gasteiger partial charge in [0.1, 0.15) is 12.1 Å². The molecule has 1 aliphatic heterocycles. The van der Waals surface area contributed by atoms with Crippen LogP contribution in [0.15, 0.2) is 0 Å². The van der Waals surface area contributed by atoms with E-state index in [1.807, 2.05) is 6.92 Å². The van der Waals surface area contributed by atoms with E-state index < -0.39 is 24.0 Å². The molecule has 0 aromatic carbocycles. The van der Waals surface area contributed by atoms with Crippen LogP contribution in [0.2, 0.25) is 0 Å². The molecule has 6 nitrogen and oxygen atoms in total. The second-order valence-corrected chi connectivity index (χ2v) is 4.20. The van der Waals surface area contributed by atoms with Gasteiger partial charge < -0.3 is 15.7 Å². The monoisotopic (exact) mass is 242 g/mol. The minimum absolute atomic E-state index is 0.161. The van der Waals surface area contributed by atoms with Gasteiger partial charge in [0.15, 0.2) is 0 Å². The van der Waals surface area contributed by atoms with Gasteiger partial charge in [-0.1, -0.05) is 19.8 Å². The van der Waals surface area contributed by atoms with Crippen molar-refractivity contribution < 1.29 is 19.5 Å². The Hall–Kier alpha value is -1.59. The number of nitrogens with one attached hydrogen (secondary N) is 2. The van der Waals surface area contributed by atoms with Gasteiger partial charge in [-0.05, 0) is 12.8 Å². The largest absolute Gasteiger partial charge is 0.480 e. The molecular formula is C11H18N2O4. The maximum atomic E-state index is 11.7. The molecule has 0 aliphatic carbocycles. The minimum Gasteiger partial charge on any atom is -0.480 e. The number of carboxylic acids is 1. The Balaban J connectivity index is 2.46. The van der Waals surface area contributed by atoms with Crippen molar-refractivity contribution >= 4 is 17.8 Å². The second-order valence-electron chi connectivity index (χ2n) is 4.20. The number of aliphatic carboxylic acids is 1. The summed E-state index contributed by atoms with van der Waals surface area (Å²) >= 11 is 0. The van der Waals surface area contributed by atoms with Crippen LogP contribution in [0.1, 0.15) is 39.0 Å². The fourth-order valence-corrected chi connectivity index (χ4v) is 1.75. The first-order chi connectivity index (χ1) is 8.04. The van der Waals surface area contributed by atoms with Crippen molar-refractivity contribution in [3.8, 4) is 0 Å². The lowest BCUT2D eigenvalue weighted by molar-refractivity contribution is -0.142. The molecule has 96 valence electrons. The summed E-state index contributed by atoms with van der Waals surface area (Å²) < 4.78 is 0. The molecule has 1 rings (SSSR count). The maximum absolute atomic E-state index is 11.7. The number of amides is 2. The van der Waals surface area contributed by atoms with E-state index in [4.69, 9.17) is 5.11 Å². The summed E-state index contributed by atoms with van der Waals surface area (Å²) in [7, 11) is 0. The van der Waals surface area contributed by atoms with E-state index in [0.29, 0.717) is 19.3 Å². The third kappa shape index (κ3) is 4.05. The number of carboxylic acid groups (broad SMARTS) is 1. The lowest BCUT2D eigenvalue weighted by atomic mass is 10.1. The fourth-order valence-electron chi connectivity index (χ4n) is 1.75. The number of carbonyl (C=O) groups is 3. The van der Waals surface area contributed by atoms with Crippen molar-refractivity contribution in [1.82, 2.24) is 10.6 Å². The Kier molecular flexibility index (Phi) is 4.93. The van der Waals surface area contributed by atoms with E-state index in [1.54, 1.807) is 0 Å². The molecule has 1 aliphatic rings. The topological polar surface area (TPSA) is 95.5 Å². The van der Waals surface area contributed by atoms with E-state index in [9.17, 15) is 14.4 Å². The maximum Gasteiger partial charge on any atom is 0.326 e. The minimum atomic E-state index is -1.03. The summed E-state index contributed by atoms with van der Waals surface area (Å²) in [6.45, 7) is 1.96. The molecule has 0 radical (unpaired) electrons. The molecule has 1 heterocycles. The molecule has 0 bridgehead atoms. The van der Waals surface area contributed by atoms with Crippen LogP contribution in [0.4, 0.5) is 0 Å². The van der Waals surface area contributed by atoms with Crippen molar-refractivity contribution in [3.05, 3.63) is 0 Å². The Bertz CT molecular complexity index is 317. The summed E-state index contributed by atoms with van der Waals surface area (Å²) in [4.78, 5) is 33.5. The highest BCUT2D eigenvalue weighted by molar-refractivity contribution is 5.92. The van der Waals surface area contributed by atoms with Crippen LogP contribution in [0.3, 0.4) is 0 Å². The number of carbonyl (C=O) groups excluding carboxylic acids is 2. The van der Waals surface area contributed by atoms with Gasteiger partial charge in [-0.3, -0.25) is 9.59 Å². The van der Waals surface area contributed by atoms with Crippen LogP contribution in [-0.4, -0.2) is 35.0 Å². The lowest BCUT2D eigenvalue weighted by Crippen LogP contribution is -2.48. The third-order valence-electron chi connectivity index (χ3n) is 2.77. The van der Waals surface area contributed by atoms with Gasteiger partial charge in [-0.25, -0.2) is 4.79 Å². The van der Waals surface area contributed by atoms with Gasteiger partial charge in [-0.2, -0.15) is 0 Å². The molecule has 1 unspecified atom stereocenters. The molecule has 0 aromatic rings. The van der Waals surface area contributed by atoms with Crippen molar-refractivity contribution in [3.63, 3.8) is 0 Å². The summed E-state index contributed by atoms with van der Waals surface area (Å²) in [6, 6.07) is -1.44.